The number of benzene rings is 1. The minimum absolute atomic E-state index is 0.492. The molecule has 88 valence electrons. The zero-order chi connectivity index (χ0) is 12.3. The fourth-order valence-electron chi connectivity index (χ4n) is 1.50. The minimum Gasteiger partial charge on any atom is -0.366 e. The number of hydrogen-bond donors (Lipinski definition) is 1. The van der Waals surface area contributed by atoms with E-state index in [1.54, 1.807) is 0 Å². The van der Waals surface area contributed by atoms with Crippen molar-refractivity contribution in [2.45, 2.75) is 20.4 Å². The normalized spacial score (nSPS) is 10.3. The lowest BCUT2D eigenvalue weighted by Crippen LogP contribution is -2.04. The van der Waals surface area contributed by atoms with Gasteiger partial charge in [-0.05, 0) is 19.4 Å². The highest BCUT2D eigenvalue weighted by atomic mass is 35.5. The molecular formula is C13H14ClN3. The molecule has 0 saturated heterocycles. The molecule has 2 aromatic rings. The molecule has 0 spiro atoms. The Kier molecular flexibility index (Phi) is 3.59. The van der Waals surface area contributed by atoms with Gasteiger partial charge in [0.1, 0.15) is 17.3 Å². The highest BCUT2D eigenvalue weighted by Crippen LogP contribution is 2.18. The van der Waals surface area contributed by atoms with Crippen molar-refractivity contribution in [3.05, 3.63) is 52.4 Å². The van der Waals surface area contributed by atoms with Crippen molar-refractivity contribution in [2.24, 2.45) is 0 Å². The van der Waals surface area contributed by atoms with Gasteiger partial charge in [0.25, 0.3) is 0 Å². The first kappa shape index (κ1) is 11.9. The number of hydrogen-bond acceptors (Lipinski definition) is 3. The number of halogens is 1. The third kappa shape index (κ3) is 2.94. The summed E-state index contributed by atoms with van der Waals surface area (Å²) in [5.74, 6) is 0.783. The Balaban J connectivity index is 2.07. The quantitative estimate of drug-likeness (QED) is 0.846. The third-order valence-electron chi connectivity index (χ3n) is 2.60. The largest absolute Gasteiger partial charge is 0.366 e. The summed E-state index contributed by atoms with van der Waals surface area (Å²) in [6.45, 7) is 4.71. The van der Waals surface area contributed by atoms with Crippen LogP contribution < -0.4 is 5.32 Å². The van der Waals surface area contributed by atoms with Crippen LogP contribution in [-0.4, -0.2) is 9.97 Å². The number of aryl methyl sites for hydroxylation is 1. The van der Waals surface area contributed by atoms with Gasteiger partial charge in [0.15, 0.2) is 0 Å². The molecule has 0 atom stereocenters. The van der Waals surface area contributed by atoms with E-state index in [-0.39, 0.29) is 0 Å². The number of rotatable bonds is 3. The average molecular weight is 248 g/mol. The Morgan fingerprint density at radius 3 is 2.53 bits per heavy atom. The molecule has 17 heavy (non-hydrogen) atoms. The number of nitrogens with one attached hydrogen (secondary N) is 1. The van der Waals surface area contributed by atoms with E-state index >= 15 is 0 Å². The summed E-state index contributed by atoms with van der Waals surface area (Å²) in [7, 11) is 0. The van der Waals surface area contributed by atoms with Crippen LogP contribution in [0.15, 0.2) is 30.6 Å². The van der Waals surface area contributed by atoms with Gasteiger partial charge in [-0.25, -0.2) is 9.97 Å². The summed E-state index contributed by atoms with van der Waals surface area (Å²) in [4.78, 5) is 8.09. The standard InChI is InChI=1S/C13H14ClN3/c1-9-3-5-11(6-4-9)7-15-13-10(2)12(14)16-8-17-13/h3-6,8H,7H2,1-2H3,(H,15,16,17). The predicted octanol–water partition coefficient (Wildman–Crippen LogP) is 3.36. The lowest BCUT2D eigenvalue weighted by Gasteiger charge is -2.08. The Labute approximate surface area is 106 Å². The van der Waals surface area contributed by atoms with Crippen molar-refractivity contribution in [3.8, 4) is 0 Å². The van der Waals surface area contributed by atoms with E-state index in [4.69, 9.17) is 11.6 Å². The van der Waals surface area contributed by atoms with Gasteiger partial charge in [0.2, 0.25) is 0 Å². The van der Waals surface area contributed by atoms with Crippen LogP contribution in [0.3, 0.4) is 0 Å². The maximum Gasteiger partial charge on any atom is 0.137 e. The fourth-order valence-corrected chi connectivity index (χ4v) is 1.63. The highest BCUT2D eigenvalue weighted by molar-refractivity contribution is 6.30. The lowest BCUT2D eigenvalue weighted by atomic mass is 10.1. The summed E-state index contributed by atoms with van der Waals surface area (Å²) in [5.41, 5.74) is 3.35. The third-order valence-corrected chi connectivity index (χ3v) is 2.98. The monoisotopic (exact) mass is 247 g/mol. The van der Waals surface area contributed by atoms with Crippen LogP contribution in [-0.2, 0) is 6.54 Å². The Morgan fingerprint density at radius 1 is 1.12 bits per heavy atom. The Hall–Kier alpha value is -1.61. The molecule has 0 aliphatic heterocycles. The molecule has 1 heterocycles. The molecule has 0 fully saturated rings. The predicted molar refractivity (Wildman–Crippen MR) is 70.3 cm³/mol. The van der Waals surface area contributed by atoms with E-state index in [1.807, 2.05) is 6.92 Å². The zero-order valence-electron chi connectivity index (χ0n) is 9.87. The van der Waals surface area contributed by atoms with E-state index in [9.17, 15) is 0 Å². The van der Waals surface area contributed by atoms with Crippen LogP contribution in [0.25, 0.3) is 0 Å². The molecule has 0 aliphatic carbocycles. The molecule has 0 saturated carbocycles. The number of aromatic nitrogens is 2. The van der Waals surface area contributed by atoms with Crippen LogP contribution in [0.1, 0.15) is 16.7 Å². The summed E-state index contributed by atoms with van der Waals surface area (Å²) in [5, 5.41) is 3.75. The number of nitrogens with zero attached hydrogens (tertiary/aromatic N) is 2. The highest BCUT2D eigenvalue weighted by Gasteiger charge is 2.03. The molecule has 3 nitrogen and oxygen atoms in total. The van der Waals surface area contributed by atoms with Gasteiger partial charge in [-0.1, -0.05) is 41.4 Å². The van der Waals surface area contributed by atoms with E-state index in [1.165, 1.54) is 17.5 Å². The van der Waals surface area contributed by atoms with E-state index < -0.39 is 0 Å². The maximum absolute atomic E-state index is 5.93. The van der Waals surface area contributed by atoms with Crippen LogP contribution in [0.2, 0.25) is 5.15 Å². The van der Waals surface area contributed by atoms with Crippen molar-refractivity contribution in [1.29, 1.82) is 0 Å². The minimum atomic E-state index is 0.492. The van der Waals surface area contributed by atoms with Gasteiger partial charge >= 0.3 is 0 Å². The maximum atomic E-state index is 5.93. The second-order valence-corrected chi connectivity index (χ2v) is 4.34. The van der Waals surface area contributed by atoms with Crippen molar-refractivity contribution in [1.82, 2.24) is 9.97 Å². The first-order chi connectivity index (χ1) is 8.16. The molecular weight excluding hydrogens is 234 g/mol. The van der Waals surface area contributed by atoms with Gasteiger partial charge in [0.05, 0.1) is 0 Å². The number of anilines is 1. The molecule has 1 aromatic heterocycles. The first-order valence-corrected chi connectivity index (χ1v) is 5.81. The first-order valence-electron chi connectivity index (χ1n) is 5.43. The molecule has 2 rings (SSSR count). The lowest BCUT2D eigenvalue weighted by molar-refractivity contribution is 1.06. The van der Waals surface area contributed by atoms with Gasteiger partial charge in [-0.2, -0.15) is 0 Å². The summed E-state index contributed by atoms with van der Waals surface area (Å²) in [6, 6.07) is 8.38. The molecule has 4 heteroatoms. The van der Waals surface area contributed by atoms with E-state index in [2.05, 4.69) is 46.5 Å². The second kappa shape index (κ2) is 5.15. The zero-order valence-corrected chi connectivity index (χ0v) is 10.6. The molecule has 0 unspecified atom stereocenters. The summed E-state index contributed by atoms with van der Waals surface area (Å²) < 4.78 is 0. The molecule has 0 radical (unpaired) electrons. The topological polar surface area (TPSA) is 37.8 Å². The second-order valence-electron chi connectivity index (χ2n) is 3.98. The average Bonchev–Trinajstić information content (AvgIpc) is 2.33. The Morgan fingerprint density at radius 2 is 1.82 bits per heavy atom. The van der Waals surface area contributed by atoms with Crippen molar-refractivity contribution in [3.63, 3.8) is 0 Å². The molecule has 0 amide bonds. The van der Waals surface area contributed by atoms with E-state index in [0.717, 1.165) is 17.9 Å². The fraction of sp³-hybridized carbons (Fsp3) is 0.231. The van der Waals surface area contributed by atoms with Crippen molar-refractivity contribution < 1.29 is 0 Å². The SMILES string of the molecule is Cc1ccc(CNc2ncnc(Cl)c2C)cc1. The Bertz CT molecular complexity index is 509. The van der Waals surface area contributed by atoms with Gasteiger partial charge in [0, 0.05) is 12.1 Å². The molecule has 1 aromatic carbocycles. The van der Waals surface area contributed by atoms with Crippen molar-refractivity contribution in [2.75, 3.05) is 5.32 Å². The van der Waals surface area contributed by atoms with Crippen LogP contribution in [0.4, 0.5) is 5.82 Å². The smallest absolute Gasteiger partial charge is 0.137 e. The van der Waals surface area contributed by atoms with Crippen molar-refractivity contribution >= 4 is 17.4 Å². The van der Waals surface area contributed by atoms with Crippen LogP contribution in [0.5, 0.6) is 0 Å². The van der Waals surface area contributed by atoms with E-state index in [0.29, 0.717) is 5.15 Å². The molecule has 0 bridgehead atoms. The van der Waals surface area contributed by atoms with Crippen LogP contribution in [0, 0.1) is 13.8 Å². The van der Waals surface area contributed by atoms with Crippen LogP contribution >= 0.6 is 11.6 Å². The van der Waals surface area contributed by atoms with Gasteiger partial charge in [-0.3, -0.25) is 0 Å². The molecule has 1 N–H and O–H groups in total. The summed E-state index contributed by atoms with van der Waals surface area (Å²) in [6.07, 6.45) is 1.47. The summed E-state index contributed by atoms with van der Waals surface area (Å²) >= 11 is 5.93. The molecule has 0 aliphatic rings. The van der Waals surface area contributed by atoms with Gasteiger partial charge in [-0.15, -0.1) is 0 Å². The van der Waals surface area contributed by atoms with Gasteiger partial charge < -0.3 is 5.32 Å².